The van der Waals surface area contributed by atoms with Crippen molar-refractivity contribution < 1.29 is 4.79 Å². The molecule has 1 aliphatic carbocycles. The zero-order valence-corrected chi connectivity index (χ0v) is 17.2. The number of carbonyl (C=O) groups is 1. The van der Waals surface area contributed by atoms with Gasteiger partial charge in [-0.2, -0.15) is 0 Å². The molecule has 0 bridgehead atoms. The van der Waals surface area contributed by atoms with E-state index in [2.05, 4.69) is 36.7 Å². The summed E-state index contributed by atoms with van der Waals surface area (Å²) < 4.78 is 0. The van der Waals surface area contributed by atoms with Crippen molar-refractivity contribution in [1.82, 2.24) is 0 Å². The van der Waals surface area contributed by atoms with Crippen LogP contribution < -0.4 is 0 Å². The molecule has 1 fully saturated rings. The van der Waals surface area contributed by atoms with Gasteiger partial charge in [-0.3, -0.25) is 9.98 Å². The number of aldehydes is 1. The Hall–Kier alpha value is -1.68. The van der Waals surface area contributed by atoms with E-state index in [-0.39, 0.29) is 17.5 Å². The van der Waals surface area contributed by atoms with Crippen LogP contribution in [0.3, 0.4) is 0 Å². The molecule has 2 aliphatic rings. The van der Waals surface area contributed by atoms with Gasteiger partial charge in [0.05, 0.1) is 5.71 Å². The monoisotopic (exact) mass is 368 g/mol. The zero-order valence-electron chi connectivity index (χ0n) is 16.4. The van der Waals surface area contributed by atoms with E-state index in [1.807, 2.05) is 27.7 Å². The highest BCUT2D eigenvalue weighted by Crippen LogP contribution is 2.45. The Bertz CT molecular complexity index is 797. The first kappa shape index (κ1) is 19.1. The Labute approximate surface area is 161 Å². The predicted molar refractivity (Wildman–Crippen MR) is 112 cm³/mol. The molecule has 1 aromatic carbocycles. The van der Waals surface area contributed by atoms with Crippen molar-refractivity contribution in [2.75, 3.05) is 0 Å². The minimum Gasteiger partial charge on any atom is -0.301 e. The van der Waals surface area contributed by atoms with Crippen molar-refractivity contribution in [3.63, 3.8) is 0 Å². The third kappa shape index (κ3) is 4.01. The number of benzene rings is 1. The lowest BCUT2D eigenvalue weighted by Gasteiger charge is -2.22. The fourth-order valence-electron chi connectivity index (χ4n) is 3.18. The highest BCUT2D eigenvalue weighted by Gasteiger charge is 2.30. The van der Waals surface area contributed by atoms with E-state index in [4.69, 9.17) is 4.99 Å². The lowest BCUT2D eigenvalue weighted by molar-refractivity contribution is -0.110. The van der Waals surface area contributed by atoms with Crippen LogP contribution in [0, 0.1) is 12.3 Å². The summed E-state index contributed by atoms with van der Waals surface area (Å²) in [6.07, 6.45) is 3.52. The summed E-state index contributed by atoms with van der Waals surface area (Å²) in [5.74, 6) is 0.726. The van der Waals surface area contributed by atoms with Gasteiger partial charge in [0.1, 0.15) is 23.4 Å². The molecule has 1 aliphatic heterocycles. The summed E-state index contributed by atoms with van der Waals surface area (Å²) in [7, 11) is 0. The molecule has 0 radical (unpaired) electrons. The first-order valence-corrected chi connectivity index (χ1v) is 10.1. The Morgan fingerprint density at radius 3 is 2.65 bits per heavy atom. The van der Waals surface area contributed by atoms with Crippen LogP contribution >= 0.6 is 11.8 Å². The third-order valence-corrected chi connectivity index (χ3v) is 6.15. The highest BCUT2D eigenvalue weighted by molar-refractivity contribution is 8.19. The quantitative estimate of drug-likeness (QED) is 0.498. The van der Waals surface area contributed by atoms with Gasteiger partial charge in [-0.15, -0.1) is 0 Å². The molecule has 1 aromatic rings. The van der Waals surface area contributed by atoms with Crippen LogP contribution in [0.4, 0.5) is 0 Å². The normalized spacial score (nSPS) is 22.3. The molecule has 2 atom stereocenters. The minimum absolute atomic E-state index is 0.0254. The molecule has 4 heteroatoms. The average Bonchev–Trinajstić information content (AvgIpc) is 3.34. The molecule has 0 saturated heterocycles. The van der Waals surface area contributed by atoms with E-state index < -0.39 is 0 Å². The third-order valence-electron chi connectivity index (χ3n) is 5.07. The fourth-order valence-corrected chi connectivity index (χ4v) is 4.09. The van der Waals surface area contributed by atoms with Crippen LogP contribution in [-0.2, 0) is 4.79 Å². The molecule has 0 spiro atoms. The molecule has 0 amide bonds. The predicted octanol–water partition coefficient (Wildman–Crippen LogP) is 5.65. The summed E-state index contributed by atoms with van der Waals surface area (Å²) in [5.41, 5.74) is 4.66. The number of aryl methyl sites for hydroxylation is 1. The van der Waals surface area contributed by atoms with Gasteiger partial charge in [0.15, 0.2) is 0 Å². The Morgan fingerprint density at radius 1 is 1.38 bits per heavy atom. The number of nitrogens with zero attached hydrogens (tertiary/aromatic N) is 2. The maximum atomic E-state index is 11.4. The van der Waals surface area contributed by atoms with Crippen molar-refractivity contribution in [1.29, 1.82) is 0 Å². The molecular weight excluding hydrogens is 340 g/mol. The van der Waals surface area contributed by atoms with Gasteiger partial charge in [-0.05, 0) is 54.7 Å². The molecule has 0 N–H and O–H groups in total. The second-order valence-corrected chi connectivity index (χ2v) is 9.57. The Balaban J connectivity index is 1.87. The summed E-state index contributed by atoms with van der Waals surface area (Å²) in [6.45, 7) is 14.4. The number of carbonyl (C=O) groups excluding carboxylic acids is 1. The molecule has 138 valence electrons. The van der Waals surface area contributed by atoms with Crippen LogP contribution in [0.15, 0.2) is 39.7 Å². The lowest BCUT2D eigenvalue weighted by Crippen LogP contribution is -2.27. The molecule has 26 heavy (non-hydrogen) atoms. The largest absolute Gasteiger partial charge is 0.301 e. The standard InChI is InChI=1S/C22H28N2OS/c1-13-7-8-17(11-18(13)16-9-10-16)20-15(3)26-21(24-20)14(2)23-19(12-25)22(4,5)6/h7-8,11-12,16,19-20H,3,9-10H2,1-2,4-6H3/t19-,20?/m0/s1. The van der Waals surface area contributed by atoms with E-state index in [0.29, 0.717) is 0 Å². The van der Waals surface area contributed by atoms with E-state index in [1.165, 1.54) is 29.5 Å². The number of hydrogen-bond donors (Lipinski definition) is 0. The molecule has 3 rings (SSSR count). The first-order chi connectivity index (χ1) is 12.2. The highest BCUT2D eigenvalue weighted by atomic mass is 32.2. The molecule has 3 nitrogen and oxygen atoms in total. The summed E-state index contributed by atoms with van der Waals surface area (Å²) in [4.78, 5) is 22.0. The number of thioether (sulfide) groups is 1. The van der Waals surface area contributed by atoms with Gasteiger partial charge in [0.25, 0.3) is 0 Å². The van der Waals surface area contributed by atoms with Crippen LogP contribution in [0.1, 0.15) is 69.2 Å². The van der Waals surface area contributed by atoms with Crippen LogP contribution in [0.2, 0.25) is 0 Å². The smallest absolute Gasteiger partial charge is 0.145 e. The zero-order chi connectivity index (χ0) is 19.1. The van der Waals surface area contributed by atoms with E-state index in [0.717, 1.165) is 27.9 Å². The molecule has 1 unspecified atom stereocenters. The summed E-state index contributed by atoms with van der Waals surface area (Å²) in [5, 5.41) is 0.879. The second kappa shape index (κ2) is 7.15. The second-order valence-electron chi connectivity index (χ2n) is 8.46. The van der Waals surface area contributed by atoms with Gasteiger partial charge in [0.2, 0.25) is 0 Å². The van der Waals surface area contributed by atoms with Gasteiger partial charge in [-0.1, -0.05) is 57.3 Å². The van der Waals surface area contributed by atoms with Crippen molar-refractivity contribution in [2.24, 2.45) is 15.4 Å². The maximum Gasteiger partial charge on any atom is 0.145 e. The van der Waals surface area contributed by atoms with E-state index >= 15 is 0 Å². The topological polar surface area (TPSA) is 41.8 Å². The number of rotatable bonds is 5. The maximum absolute atomic E-state index is 11.4. The summed E-state index contributed by atoms with van der Waals surface area (Å²) >= 11 is 1.58. The minimum atomic E-state index is -0.362. The molecular formula is C22H28N2OS. The average molecular weight is 369 g/mol. The van der Waals surface area contributed by atoms with Crippen LogP contribution in [0.5, 0.6) is 0 Å². The van der Waals surface area contributed by atoms with Gasteiger partial charge in [0, 0.05) is 4.91 Å². The van der Waals surface area contributed by atoms with Crippen molar-refractivity contribution in [2.45, 2.75) is 65.5 Å². The van der Waals surface area contributed by atoms with Crippen LogP contribution in [-0.4, -0.2) is 23.1 Å². The van der Waals surface area contributed by atoms with Crippen molar-refractivity contribution in [3.8, 4) is 0 Å². The lowest BCUT2D eigenvalue weighted by atomic mass is 9.88. The van der Waals surface area contributed by atoms with E-state index in [9.17, 15) is 4.79 Å². The Kier molecular flexibility index (Phi) is 5.25. The molecule has 0 aromatic heterocycles. The first-order valence-electron chi connectivity index (χ1n) is 9.25. The van der Waals surface area contributed by atoms with Gasteiger partial charge >= 0.3 is 0 Å². The summed E-state index contributed by atoms with van der Waals surface area (Å²) in [6, 6.07) is 6.30. The van der Waals surface area contributed by atoms with Crippen molar-refractivity contribution in [3.05, 3.63) is 46.4 Å². The molecule has 1 saturated carbocycles. The Morgan fingerprint density at radius 2 is 2.08 bits per heavy atom. The fraction of sp³-hybridized carbons (Fsp3) is 0.500. The van der Waals surface area contributed by atoms with Crippen LogP contribution in [0.25, 0.3) is 0 Å². The molecule has 1 heterocycles. The van der Waals surface area contributed by atoms with Gasteiger partial charge < -0.3 is 4.79 Å². The number of aliphatic imine (C=N–C) groups is 2. The van der Waals surface area contributed by atoms with Crippen molar-refractivity contribution >= 4 is 28.8 Å². The van der Waals surface area contributed by atoms with E-state index in [1.54, 1.807) is 11.8 Å². The number of hydrogen-bond acceptors (Lipinski definition) is 4. The SMILES string of the molecule is C=C1SC(C(C)=N[C@@H](C=O)C(C)(C)C)=NC1c1ccc(C)c(C2CC2)c1. The van der Waals surface area contributed by atoms with Gasteiger partial charge in [-0.25, -0.2) is 0 Å².